The van der Waals surface area contributed by atoms with E-state index < -0.39 is 22.4 Å². The Morgan fingerprint density at radius 3 is 2.48 bits per heavy atom. The van der Waals surface area contributed by atoms with Gasteiger partial charge in [-0.15, -0.1) is 0 Å². The van der Waals surface area contributed by atoms with Gasteiger partial charge in [0, 0.05) is 12.1 Å². The molecule has 0 unspecified atom stereocenters. The topological polar surface area (TPSA) is 66.4 Å². The van der Waals surface area contributed by atoms with Crippen molar-refractivity contribution in [1.29, 1.82) is 0 Å². The van der Waals surface area contributed by atoms with E-state index in [1.165, 1.54) is 13.0 Å². The molecule has 0 heterocycles. The number of aliphatic hydroxyl groups is 1. The predicted octanol–water partition coefficient (Wildman–Crippen LogP) is 2.10. The molecule has 0 amide bonds. The van der Waals surface area contributed by atoms with Gasteiger partial charge in [0.15, 0.2) is 0 Å². The minimum absolute atomic E-state index is 0.0323. The van der Waals surface area contributed by atoms with Crippen LogP contribution in [0.4, 0.5) is 4.39 Å². The molecule has 0 saturated carbocycles. The molecule has 4 nitrogen and oxygen atoms in total. The van der Waals surface area contributed by atoms with E-state index in [4.69, 9.17) is 5.11 Å². The van der Waals surface area contributed by atoms with Gasteiger partial charge in [-0.25, -0.2) is 17.5 Å². The van der Waals surface area contributed by atoms with Crippen molar-refractivity contribution in [2.24, 2.45) is 0 Å². The largest absolute Gasteiger partial charge is 0.392 e. The lowest BCUT2D eigenvalue weighted by atomic mass is 10.1. The summed E-state index contributed by atoms with van der Waals surface area (Å²) < 4.78 is 40.5. The van der Waals surface area contributed by atoms with Gasteiger partial charge in [-0.05, 0) is 30.2 Å². The Hall–Kier alpha value is -1.76. The van der Waals surface area contributed by atoms with E-state index in [1.807, 2.05) is 18.2 Å². The second kappa shape index (κ2) is 6.34. The third-order valence-corrected chi connectivity index (χ3v) is 4.47. The van der Waals surface area contributed by atoms with E-state index in [-0.39, 0.29) is 22.6 Å². The molecule has 0 spiro atoms. The Balaban J connectivity index is 2.25. The number of sulfonamides is 1. The van der Waals surface area contributed by atoms with Crippen molar-refractivity contribution in [2.45, 2.75) is 25.0 Å². The molecule has 0 saturated heterocycles. The number of aliphatic hydroxyl groups excluding tert-OH is 1. The van der Waals surface area contributed by atoms with Crippen molar-refractivity contribution in [3.8, 4) is 0 Å². The highest BCUT2D eigenvalue weighted by Gasteiger charge is 2.17. The van der Waals surface area contributed by atoms with Crippen molar-refractivity contribution < 1.29 is 17.9 Å². The summed E-state index contributed by atoms with van der Waals surface area (Å²) in [6.07, 6.45) is 0. The van der Waals surface area contributed by atoms with Crippen LogP contribution in [0.15, 0.2) is 47.4 Å². The molecule has 0 radical (unpaired) electrons. The summed E-state index contributed by atoms with van der Waals surface area (Å²) in [6.45, 7) is 1.06. The molecule has 2 N–H and O–H groups in total. The highest BCUT2D eigenvalue weighted by atomic mass is 32.2. The lowest BCUT2D eigenvalue weighted by molar-refractivity contribution is 0.275. The Morgan fingerprint density at radius 1 is 1.19 bits per heavy atom. The molecule has 0 atom stereocenters. The van der Waals surface area contributed by atoms with Gasteiger partial charge in [0.2, 0.25) is 10.0 Å². The van der Waals surface area contributed by atoms with Crippen molar-refractivity contribution in [1.82, 2.24) is 4.72 Å². The van der Waals surface area contributed by atoms with E-state index in [0.717, 1.165) is 11.6 Å². The van der Waals surface area contributed by atoms with Crippen molar-refractivity contribution in [2.75, 3.05) is 0 Å². The molecule has 2 rings (SSSR count). The molecule has 2 aromatic rings. The second-order valence-electron chi connectivity index (χ2n) is 4.68. The monoisotopic (exact) mass is 309 g/mol. The standard InChI is InChI=1S/C15H16FNO3S/c1-11-7-14(8-13(10-18)15(11)16)21(19,20)17-9-12-5-3-2-4-6-12/h2-8,17-18H,9-10H2,1H3. The van der Waals surface area contributed by atoms with Crippen LogP contribution in [0.1, 0.15) is 16.7 Å². The van der Waals surface area contributed by atoms with Crippen molar-refractivity contribution >= 4 is 10.0 Å². The molecule has 0 aliphatic carbocycles. The second-order valence-corrected chi connectivity index (χ2v) is 6.45. The van der Waals surface area contributed by atoms with E-state index in [0.29, 0.717) is 0 Å². The third-order valence-electron chi connectivity index (χ3n) is 3.09. The van der Waals surface area contributed by atoms with Crippen LogP contribution in [0.3, 0.4) is 0 Å². The molecule has 0 aliphatic heterocycles. The fourth-order valence-corrected chi connectivity index (χ4v) is 3.09. The number of hydrogen-bond acceptors (Lipinski definition) is 3. The minimum atomic E-state index is -3.76. The molecule has 21 heavy (non-hydrogen) atoms. The fourth-order valence-electron chi connectivity index (χ4n) is 1.93. The molecule has 6 heteroatoms. The average Bonchev–Trinajstić information content (AvgIpc) is 2.49. The Kier molecular flexibility index (Phi) is 4.72. The maximum Gasteiger partial charge on any atom is 0.240 e. The molecular weight excluding hydrogens is 293 g/mol. The maximum atomic E-state index is 13.6. The van der Waals surface area contributed by atoms with E-state index in [2.05, 4.69) is 4.72 Å². The van der Waals surface area contributed by atoms with Gasteiger partial charge < -0.3 is 5.11 Å². The summed E-state index contributed by atoms with van der Waals surface area (Å²) in [6, 6.07) is 11.5. The molecule has 0 fully saturated rings. The lowest BCUT2D eigenvalue weighted by Crippen LogP contribution is -2.23. The van der Waals surface area contributed by atoms with Crippen LogP contribution in [0.25, 0.3) is 0 Å². The van der Waals surface area contributed by atoms with Crippen molar-refractivity contribution in [3.05, 3.63) is 65.0 Å². The summed E-state index contributed by atoms with van der Waals surface area (Å²) in [5.41, 5.74) is 0.971. The number of nitrogens with one attached hydrogen (secondary N) is 1. The van der Waals surface area contributed by atoms with Gasteiger partial charge in [0.1, 0.15) is 5.82 Å². The predicted molar refractivity (Wildman–Crippen MR) is 77.5 cm³/mol. The number of aryl methyl sites for hydroxylation is 1. The molecule has 2 aromatic carbocycles. The first-order chi connectivity index (χ1) is 9.94. The van der Waals surface area contributed by atoms with E-state index >= 15 is 0 Å². The summed E-state index contributed by atoms with van der Waals surface area (Å²) in [7, 11) is -3.76. The normalized spacial score (nSPS) is 11.6. The maximum absolute atomic E-state index is 13.6. The van der Waals surface area contributed by atoms with Crippen LogP contribution in [0, 0.1) is 12.7 Å². The molecule has 0 bridgehead atoms. The zero-order chi connectivity index (χ0) is 15.5. The van der Waals surface area contributed by atoms with Crippen LogP contribution < -0.4 is 4.72 Å². The number of halogens is 1. The Bertz CT molecular complexity index is 730. The van der Waals surface area contributed by atoms with Gasteiger partial charge in [-0.1, -0.05) is 30.3 Å². The average molecular weight is 309 g/mol. The smallest absolute Gasteiger partial charge is 0.240 e. The molecule has 0 aromatic heterocycles. The van der Waals surface area contributed by atoms with Crippen molar-refractivity contribution in [3.63, 3.8) is 0 Å². The fraction of sp³-hybridized carbons (Fsp3) is 0.200. The third kappa shape index (κ3) is 3.66. The number of hydrogen-bond donors (Lipinski definition) is 2. The first-order valence-corrected chi connectivity index (χ1v) is 7.86. The van der Waals surface area contributed by atoms with E-state index in [9.17, 15) is 12.8 Å². The van der Waals surface area contributed by atoms with Crippen LogP contribution in [-0.2, 0) is 23.2 Å². The lowest BCUT2D eigenvalue weighted by Gasteiger charge is -2.10. The van der Waals surface area contributed by atoms with Crippen LogP contribution in [0.2, 0.25) is 0 Å². The minimum Gasteiger partial charge on any atom is -0.392 e. The van der Waals surface area contributed by atoms with Gasteiger partial charge in [-0.2, -0.15) is 0 Å². The Labute approximate surface area is 123 Å². The highest BCUT2D eigenvalue weighted by molar-refractivity contribution is 7.89. The van der Waals surface area contributed by atoms with E-state index in [1.54, 1.807) is 12.1 Å². The van der Waals surface area contributed by atoms with Gasteiger partial charge in [0.25, 0.3) is 0 Å². The van der Waals surface area contributed by atoms with Gasteiger partial charge >= 0.3 is 0 Å². The van der Waals surface area contributed by atoms with Gasteiger partial charge in [0.05, 0.1) is 11.5 Å². The van der Waals surface area contributed by atoms with Crippen LogP contribution in [0.5, 0.6) is 0 Å². The summed E-state index contributed by atoms with van der Waals surface area (Å²) >= 11 is 0. The van der Waals surface area contributed by atoms with Gasteiger partial charge in [-0.3, -0.25) is 0 Å². The summed E-state index contributed by atoms with van der Waals surface area (Å²) in [5.74, 6) is -0.584. The number of rotatable bonds is 5. The summed E-state index contributed by atoms with van der Waals surface area (Å²) in [4.78, 5) is -0.0543. The quantitative estimate of drug-likeness (QED) is 0.889. The van der Waals surface area contributed by atoms with Crippen LogP contribution >= 0.6 is 0 Å². The zero-order valence-corrected chi connectivity index (χ0v) is 12.3. The zero-order valence-electron chi connectivity index (χ0n) is 11.5. The SMILES string of the molecule is Cc1cc(S(=O)(=O)NCc2ccccc2)cc(CO)c1F. The summed E-state index contributed by atoms with van der Waals surface area (Å²) in [5, 5.41) is 9.09. The first-order valence-electron chi connectivity index (χ1n) is 6.37. The number of benzene rings is 2. The molecule has 0 aliphatic rings. The van der Waals surface area contributed by atoms with Crippen LogP contribution in [-0.4, -0.2) is 13.5 Å². The molecular formula is C15H16FNO3S. The highest BCUT2D eigenvalue weighted by Crippen LogP contribution is 2.19. The molecule has 112 valence electrons. The first kappa shape index (κ1) is 15.6. The Morgan fingerprint density at radius 2 is 1.86 bits per heavy atom.